The van der Waals surface area contributed by atoms with Crippen LogP contribution in [0.3, 0.4) is 0 Å². The van der Waals surface area contributed by atoms with Crippen LogP contribution in [-0.4, -0.2) is 53.4 Å². The van der Waals surface area contributed by atoms with Crippen molar-refractivity contribution >= 4 is 29.2 Å². The van der Waals surface area contributed by atoms with E-state index in [0.29, 0.717) is 35.7 Å². The van der Waals surface area contributed by atoms with Crippen LogP contribution < -0.4 is 16.0 Å². The van der Waals surface area contributed by atoms with Gasteiger partial charge in [-0.1, -0.05) is 11.6 Å². The zero-order valence-corrected chi connectivity index (χ0v) is 17.1. The normalized spacial score (nSPS) is 20.9. The molecule has 160 valence electrons. The zero-order valence-electron chi connectivity index (χ0n) is 16.4. The number of aliphatic hydroxyl groups is 1. The van der Waals surface area contributed by atoms with Crippen LogP contribution in [0.15, 0.2) is 48.8 Å². The molecule has 2 heterocycles. The van der Waals surface area contributed by atoms with Crippen molar-refractivity contribution in [3.63, 3.8) is 0 Å². The maximum atomic E-state index is 12.3. The SMILES string of the molecule is O=C(NCC[C@H]1CC[C@@H](NC(=O)c2ccncc2)[C@@H](CO)O1)Nc1ccc(Cl)cc1. The third-order valence-corrected chi connectivity index (χ3v) is 5.16. The second-order valence-corrected chi connectivity index (χ2v) is 7.49. The van der Waals surface area contributed by atoms with E-state index in [9.17, 15) is 14.7 Å². The molecule has 1 aliphatic heterocycles. The van der Waals surface area contributed by atoms with Crippen molar-refractivity contribution in [3.05, 3.63) is 59.4 Å². The molecule has 0 aliphatic carbocycles. The number of rotatable bonds is 7. The average molecular weight is 433 g/mol. The second kappa shape index (κ2) is 10.9. The van der Waals surface area contributed by atoms with E-state index in [-0.39, 0.29) is 30.7 Å². The van der Waals surface area contributed by atoms with E-state index in [0.717, 1.165) is 6.42 Å². The van der Waals surface area contributed by atoms with Crippen molar-refractivity contribution in [1.29, 1.82) is 0 Å². The standard InChI is InChI=1S/C21H25ClN4O4/c22-15-1-3-16(4-2-15)25-21(29)24-12-9-17-5-6-18(19(13-27)30-17)26-20(28)14-7-10-23-11-8-14/h1-4,7-8,10-11,17-19,27H,5-6,9,12-13H2,(H,26,28)(H2,24,25,29)/t17-,18-,19-/m1/s1. The molecule has 3 amide bonds. The number of nitrogens with one attached hydrogen (secondary N) is 3. The summed E-state index contributed by atoms with van der Waals surface area (Å²) in [4.78, 5) is 28.2. The Kier molecular flexibility index (Phi) is 8.01. The van der Waals surface area contributed by atoms with Gasteiger partial charge in [0.1, 0.15) is 6.10 Å². The molecule has 0 saturated carbocycles. The lowest BCUT2D eigenvalue weighted by Crippen LogP contribution is -2.51. The van der Waals surface area contributed by atoms with Gasteiger partial charge in [-0.2, -0.15) is 0 Å². The molecule has 9 heteroatoms. The Hall–Kier alpha value is -2.68. The number of carbonyl (C=O) groups excluding carboxylic acids is 2. The molecule has 2 aromatic rings. The van der Waals surface area contributed by atoms with E-state index in [1.165, 1.54) is 0 Å². The van der Waals surface area contributed by atoms with Crippen LogP contribution >= 0.6 is 11.6 Å². The van der Waals surface area contributed by atoms with Gasteiger partial charge in [-0.05, 0) is 55.7 Å². The molecule has 4 N–H and O–H groups in total. The fraction of sp³-hybridized carbons (Fsp3) is 0.381. The summed E-state index contributed by atoms with van der Waals surface area (Å²) in [6.07, 6.45) is 4.53. The van der Waals surface area contributed by atoms with Gasteiger partial charge in [-0.3, -0.25) is 9.78 Å². The first-order valence-corrected chi connectivity index (χ1v) is 10.2. The Labute approximate surface area is 180 Å². The molecule has 1 fully saturated rings. The molecule has 3 atom stereocenters. The Morgan fingerprint density at radius 1 is 1.13 bits per heavy atom. The lowest BCUT2D eigenvalue weighted by atomic mass is 9.97. The summed E-state index contributed by atoms with van der Waals surface area (Å²) in [6.45, 7) is 0.235. The summed E-state index contributed by atoms with van der Waals surface area (Å²) in [5.41, 5.74) is 1.17. The molecule has 30 heavy (non-hydrogen) atoms. The predicted octanol–water partition coefficient (Wildman–Crippen LogP) is 2.59. The number of hydrogen-bond acceptors (Lipinski definition) is 5. The van der Waals surface area contributed by atoms with Crippen molar-refractivity contribution in [2.24, 2.45) is 0 Å². The van der Waals surface area contributed by atoms with E-state index in [1.807, 2.05) is 0 Å². The molecule has 0 radical (unpaired) electrons. The average Bonchev–Trinajstić information content (AvgIpc) is 2.77. The van der Waals surface area contributed by atoms with Gasteiger partial charge in [0.25, 0.3) is 5.91 Å². The van der Waals surface area contributed by atoms with E-state index in [2.05, 4.69) is 20.9 Å². The number of ether oxygens (including phenoxy) is 1. The van der Waals surface area contributed by atoms with Crippen LogP contribution in [-0.2, 0) is 4.74 Å². The molecule has 1 aliphatic rings. The first kappa shape index (κ1) is 22.0. The van der Waals surface area contributed by atoms with Crippen molar-refractivity contribution in [1.82, 2.24) is 15.6 Å². The van der Waals surface area contributed by atoms with Gasteiger partial charge in [-0.15, -0.1) is 0 Å². The van der Waals surface area contributed by atoms with Crippen LogP contribution in [0, 0.1) is 0 Å². The van der Waals surface area contributed by atoms with E-state index < -0.39 is 6.10 Å². The number of aromatic nitrogens is 1. The lowest BCUT2D eigenvalue weighted by Gasteiger charge is -2.36. The number of nitrogens with zero attached hydrogens (tertiary/aromatic N) is 1. The fourth-order valence-electron chi connectivity index (χ4n) is 3.32. The Morgan fingerprint density at radius 3 is 2.57 bits per heavy atom. The van der Waals surface area contributed by atoms with Crippen molar-refractivity contribution in [2.75, 3.05) is 18.5 Å². The summed E-state index contributed by atoms with van der Waals surface area (Å²) < 4.78 is 5.93. The summed E-state index contributed by atoms with van der Waals surface area (Å²) in [5.74, 6) is -0.219. The molecular weight excluding hydrogens is 408 g/mol. The minimum Gasteiger partial charge on any atom is -0.394 e. The number of urea groups is 1. The number of benzene rings is 1. The molecule has 0 unspecified atom stereocenters. The number of amides is 3. The number of carbonyl (C=O) groups is 2. The van der Waals surface area contributed by atoms with E-state index >= 15 is 0 Å². The predicted molar refractivity (Wildman–Crippen MR) is 114 cm³/mol. The number of anilines is 1. The number of aliphatic hydroxyl groups excluding tert-OH is 1. The van der Waals surface area contributed by atoms with Gasteiger partial charge in [0.15, 0.2) is 0 Å². The highest BCUT2D eigenvalue weighted by molar-refractivity contribution is 6.30. The summed E-state index contributed by atoms with van der Waals surface area (Å²) in [6, 6.07) is 9.53. The molecule has 3 rings (SSSR count). The summed E-state index contributed by atoms with van der Waals surface area (Å²) >= 11 is 5.83. The minimum atomic E-state index is -0.488. The fourth-order valence-corrected chi connectivity index (χ4v) is 3.45. The first-order valence-electron chi connectivity index (χ1n) is 9.83. The van der Waals surface area contributed by atoms with Crippen molar-refractivity contribution < 1.29 is 19.4 Å². The molecule has 8 nitrogen and oxygen atoms in total. The van der Waals surface area contributed by atoms with Crippen LogP contribution in [0.1, 0.15) is 29.6 Å². The van der Waals surface area contributed by atoms with E-state index in [1.54, 1.807) is 48.8 Å². The maximum Gasteiger partial charge on any atom is 0.319 e. The van der Waals surface area contributed by atoms with E-state index in [4.69, 9.17) is 16.3 Å². The molecule has 1 saturated heterocycles. The van der Waals surface area contributed by atoms with Gasteiger partial charge < -0.3 is 25.8 Å². The third-order valence-electron chi connectivity index (χ3n) is 4.91. The van der Waals surface area contributed by atoms with Crippen LogP contribution in [0.25, 0.3) is 0 Å². The molecule has 0 bridgehead atoms. The Balaban J connectivity index is 1.40. The highest BCUT2D eigenvalue weighted by Gasteiger charge is 2.31. The minimum absolute atomic E-state index is 0.105. The second-order valence-electron chi connectivity index (χ2n) is 7.05. The van der Waals surface area contributed by atoms with Crippen molar-refractivity contribution in [3.8, 4) is 0 Å². The lowest BCUT2D eigenvalue weighted by molar-refractivity contribution is -0.0892. The third kappa shape index (κ3) is 6.41. The monoisotopic (exact) mass is 432 g/mol. The quantitative estimate of drug-likeness (QED) is 0.537. The number of hydrogen-bond donors (Lipinski definition) is 4. The molecule has 0 spiro atoms. The topological polar surface area (TPSA) is 113 Å². The van der Waals surface area contributed by atoms with Crippen molar-refractivity contribution in [2.45, 2.75) is 37.5 Å². The molecule has 1 aromatic carbocycles. The molecular formula is C21H25ClN4O4. The van der Waals surface area contributed by atoms with Gasteiger partial charge in [0.05, 0.1) is 18.8 Å². The summed E-state index contributed by atoms with van der Waals surface area (Å²) in [7, 11) is 0. The largest absolute Gasteiger partial charge is 0.394 e. The summed E-state index contributed by atoms with van der Waals surface area (Å²) in [5, 5.41) is 18.7. The smallest absolute Gasteiger partial charge is 0.319 e. The van der Waals surface area contributed by atoms with Crippen LogP contribution in [0.4, 0.5) is 10.5 Å². The number of pyridine rings is 1. The Morgan fingerprint density at radius 2 is 1.87 bits per heavy atom. The van der Waals surface area contributed by atoms with Gasteiger partial charge >= 0.3 is 6.03 Å². The van der Waals surface area contributed by atoms with Gasteiger partial charge in [-0.25, -0.2) is 4.79 Å². The first-order chi connectivity index (χ1) is 14.5. The van der Waals surface area contributed by atoms with Gasteiger partial charge in [0.2, 0.25) is 0 Å². The molecule has 1 aromatic heterocycles. The van der Waals surface area contributed by atoms with Crippen LogP contribution in [0.2, 0.25) is 5.02 Å². The maximum absolute atomic E-state index is 12.3. The van der Waals surface area contributed by atoms with Crippen LogP contribution in [0.5, 0.6) is 0 Å². The highest BCUT2D eigenvalue weighted by Crippen LogP contribution is 2.22. The Bertz CT molecular complexity index is 835. The highest BCUT2D eigenvalue weighted by atomic mass is 35.5. The van der Waals surface area contributed by atoms with Gasteiger partial charge in [0, 0.05) is 35.2 Å². The number of halogens is 1. The zero-order chi connectivity index (χ0) is 21.3.